The molecule has 1 unspecified atom stereocenters. The van der Waals surface area contributed by atoms with Gasteiger partial charge in [0.2, 0.25) is 11.8 Å². The minimum atomic E-state index is -0.895. The van der Waals surface area contributed by atoms with Crippen LogP contribution in [-0.4, -0.2) is 24.3 Å². The van der Waals surface area contributed by atoms with Gasteiger partial charge in [-0.05, 0) is 36.2 Å². The third kappa shape index (κ3) is 3.68. The average Bonchev–Trinajstić information content (AvgIpc) is 3.06. The summed E-state index contributed by atoms with van der Waals surface area (Å²) >= 11 is 0. The lowest BCUT2D eigenvalue weighted by Crippen LogP contribution is -2.37. The second kappa shape index (κ2) is 7.17. The fourth-order valence-electron chi connectivity index (χ4n) is 2.89. The van der Waals surface area contributed by atoms with Crippen LogP contribution in [0.2, 0.25) is 0 Å². The first kappa shape index (κ1) is 16.7. The Labute approximate surface area is 145 Å². The molecule has 2 aromatic carbocycles. The molecule has 0 aliphatic carbocycles. The Kier molecular flexibility index (Phi) is 4.79. The van der Waals surface area contributed by atoms with E-state index in [1.54, 1.807) is 53.4 Å². The molecule has 6 nitrogen and oxygen atoms in total. The Balaban J connectivity index is 1.74. The Hall–Kier alpha value is -3.15. The van der Waals surface area contributed by atoms with E-state index in [9.17, 15) is 14.4 Å². The summed E-state index contributed by atoms with van der Waals surface area (Å²) in [6.45, 7) is 0.697. The molecule has 0 saturated carbocycles. The Bertz CT molecular complexity index is 787. The summed E-state index contributed by atoms with van der Waals surface area (Å²) in [4.78, 5) is 37.6. The molecule has 1 fully saturated rings. The minimum absolute atomic E-state index is 0.0927. The molecule has 1 aliphatic heterocycles. The maximum Gasteiger partial charge on any atom is 0.252 e. The predicted molar refractivity (Wildman–Crippen MR) is 93.9 cm³/mol. The van der Waals surface area contributed by atoms with E-state index in [1.807, 2.05) is 6.07 Å². The topological polar surface area (TPSA) is 92.5 Å². The third-order valence-electron chi connectivity index (χ3n) is 4.21. The summed E-state index contributed by atoms with van der Waals surface area (Å²) in [6.07, 6.45) is 1.40. The van der Waals surface area contributed by atoms with Crippen LogP contribution in [-0.2, 0) is 9.59 Å². The summed E-state index contributed by atoms with van der Waals surface area (Å²) in [5.74, 6) is -0.930. The van der Waals surface area contributed by atoms with Crippen LogP contribution in [0.15, 0.2) is 54.6 Å². The van der Waals surface area contributed by atoms with Gasteiger partial charge in [0.25, 0.3) is 5.91 Å². The van der Waals surface area contributed by atoms with E-state index in [4.69, 9.17) is 5.73 Å². The number of amides is 3. The van der Waals surface area contributed by atoms with Crippen molar-refractivity contribution in [2.45, 2.75) is 18.9 Å². The summed E-state index contributed by atoms with van der Waals surface area (Å²) in [7, 11) is 0. The number of carbonyl (C=O) groups excluding carboxylic acids is 3. The number of hydrogen-bond donors (Lipinski definition) is 2. The summed E-state index contributed by atoms with van der Waals surface area (Å²) in [6, 6.07) is 14.7. The number of hydrogen-bond acceptors (Lipinski definition) is 3. The molecular formula is C19H19N3O3. The van der Waals surface area contributed by atoms with E-state index in [0.717, 1.165) is 12.1 Å². The zero-order chi connectivity index (χ0) is 17.8. The van der Waals surface area contributed by atoms with Crippen LogP contribution in [0.25, 0.3) is 0 Å². The summed E-state index contributed by atoms with van der Waals surface area (Å²) in [5.41, 5.74) is 7.22. The molecular weight excluding hydrogens is 318 g/mol. The first-order valence-electron chi connectivity index (χ1n) is 8.12. The van der Waals surface area contributed by atoms with Crippen molar-refractivity contribution in [1.82, 2.24) is 5.32 Å². The number of nitrogens with zero attached hydrogens (tertiary/aromatic N) is 1. The number of nitrogens with two attached hydrogens (primary N) is 1. The molecule has 0 aromatic heterocycles. The van der Waals surface area contributed by atoms with Gasteiger partial charge in [-0.25, -0.2) is 0 Å². The molecule has 3 rings (SSSR count). The van der Waals surface area contributed by atoms with Gasteiger partial charge in [0.15, 0.2) is 0 Å². The Morgan fingerprint density at radius 1 is 1.04 bits per heavy atom. The highest BCUT2D eigenvalue weighted by Crippen LogP contribution is 2.22. The van der Waals surface area contributed by atoms with E-state index >= 15 is 0 Å². The molecule has 128 valence electrons. The molecule has 3 N–H and O–H groups in total. The molecule has 0 spiro atoms. The molecule has 6 heteroatoms. The first-order chi connectivity index (χ1) is 12.1. The molecule has 0 bridgehead atoms. The lowest BCUT2D eigenvalue weighted by molar-refractivity contribution is -0.120. The largest absolute Gasteiger partial charge is 0.368 e. The van der Waals surface area contributed by atoms with Crippen molar-refractivity contribution in [1.29, 1.82) is 0 Å². The van der Waals surface area contributed by atoms with Gasteiger partial charge in [0, 0.05) is 24.2 Å². The summed E-state index contributed by atoms with van der Waals surface area (Å²) in [5, 5.41) is 2.65. The number of anilines is 1. The van der Waals surface area contributed by atoms with Gasteiger partial charge in [-0.1, -0.05) is 30.3 Å². The monoisotopic (exact) mass is 337 g/mol. The van der Waals surface area contributed by atoms with Crippen molar-refractivity contribution >= 4 is 23.4 Å². The zero-order valence-corrected chi connectivity index (χ0v) is 13.6. The van der Waals surface area contributed by atoms with Gasteiger partial charge in [-0.2, -0.15) is 0 Å². The highest BCUT2D eigenvalue weighted by molar-refractivity contribution is 5.99. The fourth-order valence-corrected chi connectivity index (χ4v) is 2.89. The Morgan fingerprint density at radius 2 is 1.72 bits per heavy atom. The van der Waals surface area contributed by atoms with Gasteiger partial charge in [0.1, 0.15) is 6.04 Å². The smallest absolute Gasteiger partial charge is 0.252 e. The van der Waals surface area contributed by atoms with Crippen LogP contribution < -0.4 is 16.0 Å². The Morgan fingerprint density at radius 3 is 2.28 bits per heavy atom. The second-order valence-electron chi connectivity index (χ2n) is 5.92. The molecule has 1 aliphatic rings. The number of carbonyl (C=O) groups is 3. The average molecular weight is 337 g/mol. The van der Waals surface area contributed by atoms with Crippen molar-refractivity contribution in [2.24, 2.45) is 5.73 Å². The van der Waals surface area contributed by atoms with Gasteiger partial charge in [-0.3, -0.25) is 14.4 Å². The maximum absolute atomic E-state index is 12.4. The van der Waals surface area contributed by atoms with E-state index in [-0.39, 0.29) is 5.91 Å². The number of benzene rings is 2. The second-order valence-corrected chi connectivity index (χ2v) is 5.92. The van der Waals surface area contributed by atoms with E-state index < -0.39 is 17.9 Å². The molecule has 3 amide bonds. The van der Waals surface area contributed by atoms with Crippen molar-refractivity contribution in [3.05, 3.63) is 65.7 Å². The lowest BCUT2D eigenvalue weighted by Gasteiger charge is -2.17. The van der Waals surface area contributed by atoms with Crippen molar-refractivity contribution < 1.29 is 14.4 Å². The van der Waals surface area contributed by atoms with Crippen molar-refractivity contribution in [3.8, 4) is 0 Å². The number of nitrogens with one attached hydrogen (secondary N) is 1. The number of primary amides is 1. The molecule has 2 aromatic rings. The quantitative estimate of drug-likeness (QED) is 0.871. The summed E-state index contributed by atoms with van der Waals surface area (Å²) < 4.78 is 0. The molecule has 25 heavy (non-hydrogen) atoms. The van der Waals surface area contributed by atoms with Crippen LogP contribution in [0.4, 0.5) is 5.69 Å². The van der Waals surface area contributed by atoms with Gasteiger partial charge < -0.3 is 16.0 Å². The number of rotatable bonds is 5. The molecule has 0 radical (unpaired) electrons. The van der Waals surface area contributed by atoms with Crippen LogP contribution in [0.1, 0.15) is 34.8 Å². The lowest BCUT2D eigenvalue weighted by atomic mass is 10.1. The van der Waals surface area contributed by atoms with Gasteiger partial charge >= 0.3 is 0 Å². The standard InChI is InChI=1S/C19H19N3O3/c20-18(24)17(13-5-2-1-3-6-13)21-19(25)14-8-10-15(11-9-14)22-12-4-7-16(22)23/h1-3,5-6,8-11,17H,4,7,12H2,(H2,20,24)(H,21,25). The SMILES string of the molecule is NC(=O)C(NC(=O)c1ccc(N2CCCC2=O)cc1)c1ccccc1. The van der Waals surface area contributed by atoms with Crippen molar-refractivity contribution in [2.75, 3.05) is 11.4 Å². The van der Waals surface area contributed by atoms with Crippen LogP contribution in [0, 0.1) is 0 Å². The minimum Gasteiger partial charge on any atom is -0.368 e. The normalized spacial score (nSPS) is 15.0. The fraction of sp³-hybridized carbons (Fsp3) is 0.211. The molecule has 1 heterocycles. The van der Waals surface area contributed by atoms with Crippen LogP contribution >= 0.6 is 0 Å². The van der Waals surface area contributed by atoms with Crippen LogP contribution in [0.3, 0.4) is 0 Å². The molecule has 1 atom stereocenters. The maximum atomic E-state index is 12.4. The highest BCUT2D eigenvalue weighted by atomic mass is 16.2. The van der Waals surface area contributed by atoms with Crippen molar-refractivity contribution in [3.63, 3.8) is 0 Å². The molecule has 1 saturated heterocycles. The zero-order valence-electron chi connectivity index (χ0n) is 13.6. The van der Waals surface area contributed by atoms with Crippen LogP contribution in [0.5, 0.6) is 0 Å². The first-order valence-corrected chi connectivity index (χ1v) is 8.12. The van der Waals surface area contributed by atoms with Gasteiger partial charge in [0.05, 0.1) is 0 Å². The van der Waals surface area contributed by atoms with E-state index in [1.165, 1.54) is 0 Å². The van der Waals surface area contributed by atoms with E-state index in [2.05, 4.69) is 5.32 Å². The van der Waals surface area contributed by atoms with Gasteiger partial charge in [-0.15, -0.1) is 0 Å². The van der Waals surface area contributed by atoms with E-state index in [0.29, 0.717) is 24.1 Å². The highest BCUT2D eigenvalue weighted by Gasteiger charge is 2.23. The predicted octanol–water partition coefficient (Wildman–Crippen LogP) is 1.77. The third-order valence-corrected chi connectivity index (χ3v) is 4.21.